The summed E-state index contributed by atoms with van der Waals surface area (Å²) in [6.45, 7) is 1.48. The van der Waals surface area contributed by atoms with E-state index in [1.54, 1.807) is 6.07 Å². The molecule has 1 N–H and O–H groups in total. The van der Waals surface area contributed by atoms with E-state index in [-0.39, 0.29) is 22.4 Å². The maximum absolute atomic E-state index is 13.3. The standard InChI is InChI=1S/C23H24N2O9S/c1-12-15-10-18(31-3)19(32-4)11-17(15)25(2)35(29,30)20(12)21(26)24-16-9-13(22(27)33-5)7-8-14(16)23(28)34-6/h7-11H,1-6H3,(H,24,26). The van der Waals surface area contributed by atoms with Crippen LogP contribution in [0.15, 0.2) is 35.2 Å². The summed E-state index contributed by atoms with van der Waals surface area (Å²) in [6.07, 6.45) is 0. The Morgan fingerprint density at radius 1 is 0.886 bits per heavy atom. The average molecular weight is 505 g/mol. The Labute approximate surface area is 202 Å². The fourth-order valence-corrected chi connectivity index (χ4v) is 5.12. The zero-order valence-corrected chi connectivity index (χ0v) is 20.7. The minimum Gasteiger partial charge on any atom is -0.493 e. The number of allylic oxidation sites excluding steroid dienone is 1. The molecule has 1 aliphatic rings. The van der Waals surface area contributed by atoms with Crippen LogP contribution in [0.4, 0.5) is 11.4 Å². The van der Waals surface area contributed by atoms with E-state index in [1.165, 1.54) is 59.6 Å². The molecule has 186 valence electrons. The predicted molar refractivity (Wildman–Crippen MR) is 127 cm³/mol. The zero-order chi connectivity index (χ0) is 26.1. The first-order valence-corrected chi connectivity index (χ1v) is 11.5. The Balaban J connectivity index is 2.17. The van der Waals surface area contributed by atoms with Gasteiger partial charge in [-0.15, -0.1) is 0 Å². The maximum Gasteiger partial charge on any atom is 0.339 e. The summed E-state index contributed by atoms with van der Waals surface area (Å²) in [7, 11) is 2.18. The minimum atomic E-state index is -4.30. The zero-order valence-electron chi connectivity index (χ0n) is 19.9. The number of rotatable bonds is 6. The molecule has 12 heteroatoms. The predicted octanol–water partition coefficient (Wildman–Crippen LogP) is 2.43. The van der Waals surface area contributed by atoms with E-state index in [1.807, 2.05) is 0 Å². The summed E-state index contributed by atoms with van der Waals surface area (Å²) < 4.78 is 47.6. The Bertz CT molecular complexity index is 1360. The van der Waals surface area contributed by atoms with Gasteiger partial charge in [0.05, 0.1) is 50.9 Å². The molecule has 3 rings (SSSR count). The molecule has 0 aliphatic carbocycles. The van der Waals surface area contributed by atoms with Gasteiger partial charge in [0.1, 0.15) is 0 Å². The summed E-state index contributed by atoms with van der Waals surface area (Å²) >= 11 is 0. The fourth-order valence-electron chi connectivity index (χ4n) is 3.66. The molecule has 2 aromatic carbocycles. The van der Waals surface area contributed by atoms with Crippen LogP contribution in [-0.2, 0) is 24.3 Å². The van der Waals surface area contributed by atoms with Crippen molar-refractivity contribution in [3.05, 3.63) is 51.9 Å². The molecule has 0 atom stereocenters. The van der Waals surface area contributed by atoms with Crippen LogP contribution in [0, 0.1) is 0 Å². The van der Waals surface area contributed by atoms with Gasteiger partial charge in [0.2, 0.25) is 0 Å². The molecular weight excluding hydrogens is 480 g/mol. The van der Waals surface area contributed by atoms with Crippen molar-refractivity contribution in [1.29, 1.82) is 0 Å². The second kappa shape index (κ2) is 9.66. The lowest BCUT2D eigenvalue weighted by molar-refractivity contribution is -0.112. The van der Waals surface area contributed by atoms with Gasteiger partial charge >= 0.3 is 11.9 Å². The first kappa shape index (κ1) is 25.6. The molecule has 1 amide bonds. The molecule has 11 nitrogen and oxygen atoms in total. The summed E-state index contributed by atoms with van der Waals surface area (Å²) in [5, 5.41) is 2.44. The van der Waals surface area contributed by atoms with Crippen LogP contribution in [0.1, 0.15) is 33.2 Å². The molecule has 0 unspecified atom stereocenters. The highest BCUT2D eigenvalue weighted by Crippen LogP contribution is 2.44. The van der Waals surface area contributed by atoms with E-state index in [2.05, 4.69) is 10.1 Å². The largest absolute Gasteiger partial charge is 0.493 e. The van der Waals surface area contributed by atoms with Crippen molar-refractivity contribution in [3.8, 4) is 11.5 Å². The molecule has 0 fully saturated rings. The molecule has 0 saturated heterocycles. The van der Waals surface area contributed by atoms with E-state index in [0.717, 1.165) is 11.4 Å². The second-order valence-corrected chi connectivity index (χ2v) is 9.25. The van der Waals surface area contributed by atoms with Crippen molar-refractivity contribution in [2.45, 2.75) is 6.92 Å². The van der Waals surface area contributed by atoms with Gasteiger partial charge in [-0.1, -0.05) is 0 Å². The van der Waals surface area contributed by atoms with E-state index < -0.39 is 32.8 Å². The quantitative estimate of drug-likeness (QED) is 0.588. The van der Waals surface area contributed by atoms with E-state index >= 15 is 0 Å². The first-order valence-electron chi connectivity index (χ1n) is 10.1. The average Bonchev–Trinajstić information content (AvgIpc) is 2.85. The molecule has 0 radical (unpaired) electrons. The number of esters is 2. The number of amides is 1. The lowest BCUT2D eigenvalue weighted by atomic mass is 10.0. The lowest BCUT2D eigenvalue weighted by Gasteiger charge is -2.30. The number of methoxy groups -OCH3 is 4. The van der Waals surface area contributed by atoms with Crippen LogP contribution in [0.5, 0.6) is 11.5 Å². The second-order valence-electron chi connectivity index (χ2n) is 7.35. The summed E-state index contributed by atoms with van der Waals surface area (Å²) in [5.74, 6) is -1.87. The molecule has 0 spiro atoms. The highest BCUT2D eigenvalue weighted by atomic mass is 32.2. The van der Waals surface area contributed by atoms with Crippen molar-refractivity contribution in [3.63, 3.8) is 0 Å². The fraction of sp³-hybridized carbons (Fsp3) is 0.261. The molecular formula is C23H24N2O9S. The Morgan fingerprint density at radius 3 is 2.06 bits per heavy atom. The number of sulfonamides is 1. The molecule has 35 heavy (non-hydrogen) atoms. The third-order valence-corrected chi connectivity index (χ3v) is 7.43. The number of anilines is 2. The van der Waals surface area contributed by atoms with Gasteiger partial charge in [-0.25, -0.2) is 18.0 Å². The molecule has 1 aliphatic heterocycles. The Morgan fingerprint density at radius 2 is 1.49 bits per heavy atom. The monoisotopic (exact) mass is 504 g/mol. The summed E-state index contributed by atoms with van der Waals surface area (Å²) in [5.41, 5.74) is 0.703. The lowest BCUT2D eigenvalue weighted by Crippen LogP contribution is -2.37. The molecule has 1 heterocycles. The number of ether oxygens (including phenoxy) is 4. The Hall–Kier alpha value is -4.06. The number of hydrogen-bond acceptors (Lipinski definition) is 9. The SMILES string of the molecule is COC(=O)c1ccc(C(=O)OC)c(NC(=O)C2=C(C)c3cc(OC)c(OC)cc3N(C)S2(=O)=O)c1. The highest BCUT2D eigenvalue weighted by Gasteiger charge is 2.39. The van der Waals surface area contributed by atoms with Gasteiger partial charge in [-0.05, 0) is 36.8 Å². The number of carbonyl (C=O) groups excluding carboxylic acids is 3. The van der Waals surface area contributed by atoms with Crippen molar-refractivity contribution >= 4 is 44.8 Å². The van der Waals surface area contributed by atoms with Gasteiger partial charge in [0.25, 0.3) is 15.9 Å². The summed E-state index contributed by atoms with van der Waals surface area (Å²) in [6, 6.07) is 6.86. The van der Waals surface area contributed by atoms with Gasteiger partial charge in [0.15, 0.2) is 16.4 Å². The molecule has 0 saturated carbocycles. The van der Waals surface area contributed by atoms with Gasteiger partial charge in [-0.2, -0.15) is 0 Å². The third-order valence-electron chi connectivity index (χ3n) is 5.50. The van der Waals surface area contributed by atoms with Gasteiger partial charge in [0, 0.05) is 18.7 Å². The number of benzene rings is 2. The molecule has 2 aromatic rings. The number of nitrogens with zero attached hydrogens (tertiary/aromatic N) is 1. The van der Waals surface area contributed by atoms with E-state index in [9.17, 15) is 22.8 Å². The van der Waals surface area contributed by atoms with Crippen LogP contribution < -0.4 is 19.1 Å². The van der Waals surface area contributed by atoms with Crippen molar-refractivity contribution in [1.82, 2.24) is 0 Å². The number of fused-ring (bicyclic) bond motifs is 1. The van der Waals surface area contributed by atoms with Crippen LogP contribution in [0.3, 0.4) is 0 Å². The van der Waals surface area contributed by atoms with Crippen LogP contribution in [0.25, 0.3) is 5.57 Å². The molecule has 0 bridgehead atoms. The van der Waals surface area contributed by atoms with E-state index in [0.29, 0.717) is 22.7 Å². The van der Waals surface area contributed by atoms with Gasteiger partial charge < -0.3 is 24.3 Å². The smallest absolute Gasteiger partial charge is 0.339 e. The molecule has 0 aromatic heterocycles. The van der Waals surface area contributed by atoms with Crippen LogP contribution >= 0.6 is 0 Å². The van der Waals surface area contributed by atoms with Gasteiger partial charge in [-0.3, -0.25) is 9.10 Å². The van der Waals surface area contributed by atoms with Crippen molar-refractivity contribution in [2.24, 2.45) is 0 Å². The van der Waals surface area contributed by atoms with Crippen molar-refractivity contribution < 1.29 is 41.7 Å². The maximum atomic E-state index is 13.3. The van der Waals surface area contributed by atoms with Crippen LogP contribution in [-0.4, -0.2) is 61.8 Å². The summed E-state index contributed by atoms with van der Waals surface area (Å²) in [4.78, 5) is 37.0. The number of hydrogen-bond donors (Lipinski definition) is 1. The minimum absolute atomic E-state index is 0.0342. The third kappa shape index (κ3) is 4.39. The highest BCUT2D eigenvalue weighted by molar-refractivity contribution is 7.97. The van der Waals surface area contributed by atoms with Crippen LogP contribution in [0.2, 0.25) is 0 Å². The Kier molecular flexibility index (Phi) is 7.06. The van der Waals surface area contributed by atoms with Crippen molar-refractivity contribution in [2.75, 3.05) is 45.1 Å². The first-order chi connectivity index (χ1) is 16.5. The van der Waals surface area contributed by atoms with E-state index in [4.69, 9.17) is 14.2 Å². The topological polar surface area (TPSA) is 138 Å². The number of carbonyl (C=O) groups is 3. The normalized spacial score (nSPS) is 14.1. The number of nitrogens with one attached hydrogen (secondary N) is 1.